The minimum Gasteiger partial charge on any atom is -0.497 e. The van der Waals surface area contributed by atoms with Gasteiger partial charge in [-0.2, -0.15) is 5.10 Å². The number of H-pyrrole nitrogens is 1. The van der Waals surface area contributed by atoms with Crippen LogP contribution < -0.4 is 4.74 Å². The lowest BCUT2D eigenvalue weighted by Crippen LogP contribution is -1.89. The maximum absolute atomic E-state index is 5.15. The predicted molar refractivity (Wildman–Crippen MR) is 71.9 cm³/mol. The molecule has 0 saturated heterocycles. The second-order valence-electron chi connectivity index (χ2n) is 4.32. The molecule has 1 heterocycles. The Hall–Kier alpha value is -2.29. The van der Waals surface area contributed by atoms with E-state index < -0.39 is 0 Å². The fourth-order valence-corrected chi connectivity index (χ4v) is 2.08. The van der Waals surface area contributed by atoms with Gasteiger partial charge in [-0.1, -0.05) is 18.2 Å². The van der Waals surface area contributed by atoms with Crippen molar-refractivity contribution in [3.63, 3.8) is 0 Å². The zero-order valence-corrected chi connectivity index (χ0v) is 10.2. The van der Waals surface area contributed by atoms with Gasteiger partial charge in [-0.3, -0.25) is 5.10 Å². The predicted octanol–water partition coefficient (Wildman–Crippen LogP) is 3.16. The third-order valence-electron chi connectivity index (χ3n) is 3.07. The van der Waals surface area contributed by atoms with Gasteiger partial charge in [0.15, 0.2) is 0 Å². The first-order valence-electron chi connectivity index (χ1n) is 5.90. The van der Waals surface area contributed by atoms with Crippen LogP contribution in [0.3, 0.4) is 0 Å². The molecule has 0 aliphatic heterocycles. The third-order valence-corrected chi connectivity index (χ3v) is 3.07. The molecule has 0 bridgehead atoms. The Morgan fingerprint density at radius 1 is 1.06 bits per heavy atom. The van der Waals surface area contributed by atoms with Crippen LogP contribution in [0.15, 0.2) is 48.7 Å². The molecule has 0 radical (unpaired) electrons. The van der Waals surface area contributed by atoms with Gasteiger partial charge < -0.3 is 4.74 Å². The van der Waals surface area contributed by atoms with E-state index in [1.807, 2.05) is 18.3 Å². The van der Waals surface area contributed by atoms with Crippen LogP contribution in [0.1, 0.15) is 11.1 Å². The summed E-state index contributed by atoms with van der Waals surface area (Å²) in [6, 6.07) is 14.5. The number of aromatic nitrogens is 2. The Morgan fingerprint density at radius 2 is 1.83 bits per heavy atom. The lowest BCUT2D eigenvalue weighted by Gasteiger charge is -2.04. The number of hydrogen-bond donors (Lipinski definition) is 1. The summed E-state index contributed by atoms with van der Waals surface area (Å²) in [6.07, 6.45) is 2.78. The lowest BCUT2D eigenvalue weighted by molar-refractivity contribution is 0.414. The summed E-state index contributed by atoms with van der Waals surface area (Å²) in [5.74, 6) is 0.893. The molecular formula is C15H14N2O. The molecule has 3 heteroatoms. The van der Waals surface area contributed by atoms with Crippen molar-refractivity contribution < 1.29 is 4.74 Å². The van der Waals surface area contributed by atoms with Gasteiger partial charge in [0.25, 0.3) is 0 Å². The van der Waals surface area contributed by atoms with Crippen LogP contribution in [0.4, 0.5) is 0 Å². The van der Waals surface area contributed by atoms with Gasteiger partial charge in [-0.15, -0.1) is 0 Å². The van der Waals surface area contributed by atoms with Crippen molar-refractivity contribution in [2.24, 2.45) is 0 Å². The van der Waals surface area contributed by atoms with Crippen LogP contribution in [0.2, 0.25) is 0 Å². The second kappa shape index (κ2) is 4.53. The molecule has 18 heavy (non-hydrogen) atoms. The van der Waals surface area contributed by atoms with E-state index in [2.05, 4.69) is 40.5 Å². The summed E-state index contributed by atoms with van der Waals surface area (Å²) in [7, 11) is 1.68. The van der Waals surface area contributed by atoms with Gasteiger partial charge >= 0.3 is 0 Å². The highest BCUT2D eigenvalue weighted by atomic mass is 16.5. The summed E-state index contributed by atoms with van der Waals surface area (Å²) in [5, 5.41) is 8.14. The number of methoxy groups -OCH3 is 1. The number of ether oxygens (including phenoxy) is 1. The van der Waals surface area contributed by atoms with E-state index in [-0.39, 0.29) is 0 Å². The van der Waals surface area contributed by atoms with Gasteiger partial charge in [0.1, 0.15) is 5.75 Å². The summed E-state index contributed by atoms with van der Waals surface area (Å²) in [4.78, 5) is 0. The monoisotopic (exact) mass is 238 g/mol. The molecule has 1 aromatic heterocycles. The summed E-state index contributed by atoms with van der Waals surface area (Å²) in [5.41, 5.74) is 3.64. The van der Waals surface area contributed by atoms with Gasteiger partial charge in [0, 0.05) is 5.39 Å². The van der Waals surface area contributed by atoms with Gasteiger partial charge in [0.2, 0.25) is 0 Å². The molecule has 90 valence electrons. The van der Waals surface area contributed by atoms with Crippen molar-refractivity contribution in [3.05, 3.63) is 59.8 Å². The first kappa shape index (κ1) is 10.8. The Bertz CT molecular complexity index is 656. The Kier molecular flexibility index (Phi) is 2.73. The van der Waals surface area contributed by atoms with E-state index >= 15 is 0 Å². The summed E-state index contributed by atoms with van der Waals surface area (Å²) in [6.45, 7) is 0. The molecular weight excluding hydrogens is 224 g/mol. The maximum atomic E-state index is 5.15. The lowest BCUT2D eigenvalue weighted by atomic mass is 10.0. The van der Waals surface area contributed by atoms with Crippen molar-refractivity contribution >= 4 is 10.9 Å². The van der Waals surface area contributed by atoms with Crippen LogP contribution in [0, 0.1) is 0 Å². The maximum Gasteiger partial charge on any atom is 0.118 e. The molecule has 0 spiro atoms. The van der Waals surface area contributed by atoms with Crippen LogP contribution in [0.5, 0.6) is 5.75 Å². The third kappa shape index (κ3) is 2.07. The van der Waals surface area contributed by atoms with Gasteiger partial charge in [0.05, 0.1) is 18.8 Å². The van der Waals surface area contributed by atoms with Crippen molar-refractivity contribution in [3.8, 4) is 5.75 Å². The van der Waals surface area contributed by atoms with Crippen molar-refractivity contribution in [2.45, 2.75) is 6.42 Å². The van der Waals surface area contributed by atoms with Crippen LogP contribution in [-0.2, 0) is 6.42 Å². The minimum absolute atomic E-state index is 0.893. The molecule has 0 amide bonds. The van der Waals surface area contributed by atoms with Crippen molar-refractivity contribution in [1.29, 1.82) is 0 Å². The van der Waals surface area contributed by atoms with Gasteiger partial charge in [-0.05, 0) is 41.8 Å². The Labute approximate surface area is 105 Å². The number of fused-ring (bicyclic) bond motifs is 1. The van der Waals surface area contributed by atoms with Crippen LogP contribution in [0.25, 0.3) is 10.9 Å². The average molecular weight is 238 g/mol. The fraction of sp³-hybridized carbons (Fsp3) is 0.133. The highest BCUT2D eigenvalue weighted by Crippen LogP contribution is 2.18. The number of benzene rings is 2. The average Bonchev–Trinajstić information content (AvgIpc) is 2.87. The molecule has 0 saturated carbocycles. The van der Waals surface area contributed by atoms with Crippen LogP contribution in [-0.4, -0.2) is 17.3 Å². The smallest absolute Gasteiger partial charge is 0.118 e. The van der Waals surface area contributed by atoms with E-state index in [4.69, 9.17) is 4.74 Å². The number of rotatable bonds is 3. The highest BCUT2D eigenvalue weighted by molar-refractivity contribution is 5.78. The zero-order valence-electron chi connectivity index (χ0n) is 10.2. The van der Waals surface area contributed by atoms with Crippen molar-refractivity contribution in [1.82, 2.24) is 10.2 Å². The molecule has 0 aliphatic rings. The molecule has 3 rings (SSSR count). The minimum atomic E-state index is 0.893. The Balaban J connectivity index is 1.85. The first-order chi connectivity index (χ1) is 8.85. The Morgan fingerprint density at radius 3 is 2.61 bits per heavy atom. The molecule has 3 aromatic rings. The molecule has 1 N–H and O–H groups in total. The van der Waals surface area contributed by atoms with E-state index in [1.54, 1.807) is 7.11 Å². The summed E-state index contributed by atoms with van der Waals surface area (Å²) >= 11 is 0. The van der Waals surface area contributed by atoms with E-state index in [0.717, 1.165) is 23.1 Å². The number of hydrogen-bond acceptors (Lipinski definition) is 2. The standard InChI is InChI=1S/C15H14N2O/c1-18-14-5-2-11(3-6-14)8-12-4-7-15-13(9-12)10-16-17-15/h2-7,9-10H,8H2,1H3,(H,16,17). The molecule has 3 nitrogen and oxygen atoms in total. The zero-order chi connectivity index (χ0) is 12.4. The molecule has 0 atom stereocenters. The molecule has 0 unspecified atom stereocenters. The van der Waals surface area contributed by atoms with E-state index in [0.29, 0.717) is 0 Å². The normalized spacial score (nSPS) is 10.7. The van der Waals surface area contributed by atoms with Crippen molar-refractivity contribution in [2.75, 3.05) is 7.11 Å². The summed E-state index contributed by atoms with van der Waals surface area (Å²) < 4.78 is 5.15. The number of nitrogens with one attached hydrogen (secondary N) is 1. The molecule has 0 fully saturated rings. The number of aromatic amines is 1. The first-order valence-corrected chi connectivity index (χ1v) is 5.90. The van der Waals surface area contributed by atoms with Crippen LogP contribution >= 0.6 is 0 Å². The number of nitrogens with zero attached hydrogens (tertiary/aromatic N) is 1. The quantitative estimate of drug-likeness (QED) is 0.761. The largest absolute Gasteiger partial charge is 0.497 e. The SMILES string of the molecule is COc1ccc(Cc2ccc3[nH]ncc3c2)cc1. The molecule has 2 aromatic carbocycles. The fourth-order valence-electron chi connectivity index (χ4n) is 2.08. The van der Waals surface area contributed by atoms with Gasteiger partial charge in [-0.25, -0.2) is 0 Å². The van der Waals surface area contributed by atoms with E-state index in [1.165, 1.54) is 11.1 Å². The topological polar surface area (TPSA) is 37.9 Å². The second-order valence-corrected chi connectivity index (χ2v) is 4.32. The molecule has 0 aliphatic carbocycles. The highest BCUT2D eigenvalue weighted by Gasteiger charge is 2.00. The van der Waals surface area contributed by atoms with E-state index in [9.17, 15) is 0 Å².